The third-order valence-electron chi connectivity index (χ3n) is 3.75. The zero-order valence-corrected chi connectivity index (χ0v) is 12.7. The number of nitrogen functional groups attached to an aromatic ring is 1. The number of likely N-dealkylation sites (tertiary alicyclic amines) is 1. The number of nitrogens with zero attached hydrogens (tertiary/aromatic N) is 3. The van der Waals surface area contributed by atoms with Crippen molar-refractivity contribution in [2.45, 2.75) is 25.9 Å². The normalized spacial score (nSPS) is 16.5. The number of rotatable bonds is 3. The third-order valence-corrected chi connectivity index (χ3v) is 4.84. The van der Waals surface area contributed by atoms with E-state index in [-0.39, 0.29) is 12.0 Å². The summed E-state index contributed by atoms with van der Waals surface area (Å²) in [6.45, 7) is 4.14. The summed E-state index contributed by atoms with van der Waals surface area (Å²) in [6, 6.07) is 1.80. The summed E-state index contributed by atoms with van der Waals surface area (Å²) in [4.78, 5) is 15.8. The van der Waals surface area contributed by atoms with Gasteiger partial charge in [-0.25, -0.2) is 0 Å². The molecule has 1 amide bonds. The van der Waals surface area contributed by atoms with Crippen molar-refractivity contribution >= 4 is 33.1 Å². The minimum atomic E-state index is -0.00884. The van der Waals surface area contributed by atoms with E-state index in [4.69, 9.17) is 10.5 Å². The van der Waals surface area contributed by atoms with Gasteiger partial charge in [-0.15, -0.1) is 16.4 Å². The van der Waals surface area contributed by atoms with Gasteiger partial charge < -0.3 is 15.4 Å². The molecular weight excluding hydrogens is 288 g/mol. The Kier molecular flexibility index (Phi) is 4.03. The van der Waals surface area contributed by atoms with E-state index in [1.807, 2.05) is 11.8 Å². The number of carbonyl (C=O) groups excluding carboxylic acids is 1. The first-order chi connectivity index (χ1) is 10.2. The molecule has 0 bridgehead atoms. The average molecular weight is 306 g/mol. The SMILES string of the molecule is CCOC1CCN(C(=O)c2sc3nnccc3c2N)CC1. The molecule has 1 fully saturated rings. The fourth-order valence-corrected chi connectivity index (χ4v) is 3.64. The third kappa shape index (κ3) is 2.71. The molecule has 7 heteroatoms. The number of anilines is 1. The van der Waals surface area contributed by atoms with Gasteiger partial charge in [-0.1, -0.05) is 0 Å². The predicted octanol–water partition coefficient (Wildman–Crippen LogP) is 1.91. The van der Waals surface area contributed by atoms with Crippen molar-refractivity contribution in [3.63, 3.8) is 0 Å². The van der Waals surface area contributed by atoms with Gasteiger partial charge in [0.1, 0.15) is 9.71 Å². The van der Waals surface area contributed by atoms with Gasteiger partial charge >= 0.3 is 0 Å². The Labute approximate surface area is 126 Å². The molecule has 0 saturated carbocycles. The summed E-state index contributed by atoms with van der Waals surface area (Å²) >= 11 is 1.32. The average Bonchev–Trinajstić information content (AvgIpc) is 2.85. The first-order valence-corrected chi connectivity index (χ1v) is 7.93. The van der Waals surface area contributed by atoms with Crippen molar-refractivity contribution in [1.29, 1.82) is 0 Å². The van der Waals surface area contributed by atoms with Crippen LogP contribution in [0.1, 0.15) is 29.4 Å². The van der Waals surface area contributed by atoms with Gasteiger partial charge in [-0.3, -0.25) is 4.79 Å². The standard InChI is InChI=1S/C14H18N4O2S/c1-2-20-9-4-7-18(8-5-9)14(19)12-11(15)10-3-6-16-17-13(10)21-12/h3,6,9H,2,4-5,7-8,15H2,1H3. The van der Waals surface area contributed by atoms with Gasteiger partial charge in [0.05, 0.1) is 18.0 Å². The summed E-state index contributed by atoms with van der Waals surface area (Å²) in [5.41, 5.74) is 6.61. The van der Waals surface area contributed by atoms with Crippen molar-refractivity contribution in [1.82, 2.24) is 15.1 Å². The number of nitrogens with two attached hydrogens (primary N) is 1. The van der Waals surface area contributed by atoms with Crippen molar-refractivity contribution in [3.05, 3.63) is 17.1 Å². The van der Waals surface area contributed by atoms with Gasteiger partial charge in [0.15, 0.2) is 0 Å². The summed E-state index contributed by atoms with van der Waals surface area (Å²) in [5.74, 6) is -0.00884. The number of hydrogen-bond acceptors (Lipinski definition) is 6. The van der Waals surface area contributed by atoms with Crippen LogP contribution >= 0.6 is 11.3 Å². The molecule has 2 aromatic heterocycles. The largest absolute Gasteiger partial charge is 0.397 e. The lowest BCUT2D eigenvalue weighted by Gasteiger charge is -2.31. The minimum Gasteiger partial charge on any atom is -0.397 e. The quantitative estimate of drug-likeness (QED) is 0.937. The molecule has 3 heterocycles. The number of fused-ring (bicyclic) bond motifs is 1. The monoisotopic (exact) mass is 306 g/mol. The van der Waals surface area contributed by atoms with Gasteiger partial charge in [0.2, 0.25) is 0 Å². The summed E-state index contributed by atoms with van der Waals surface area (Å²) < 4.78 is 5.61. The molecule has 1 aliphatic heterocycles. The lowest BCUT2D eigenvalue weighted by atomic mass is 10.1. The van der Waals surface area contributed by atoms with Crippen molar-refractivity contribution < 1.29 is 9.53 Å². The highest BCUT2D eigenvalue weighted by atomic mass is 32.1. The Morgan fingerprint density at radius 2 is 2.29 bits per heavy atom. The molecule has 1 saturated heterocycles. The molecule has 112 valence electrons. The molecule has 3 rings (SSSR count). The van der Waals surface area contributed by atoms with E-state index in [0.29, 0.717) is 28.5 Å². The van der Waals surface area contributed by atoms with Crippen molar-refractivity contribution in [3.8, 4) is 0 Å². The lowest BCUT2D eigenvalue weighted by Crippen LogP contribution is -2.40. The Bertz CT molecular complexity index is 649. The van der Waals surface area contributed by atoms with Crippen molar-refractivity contribution in [2.75, 3.05) is 25.4 Å². The van der Waals surface area contributed by atoms with E-state index in [9.17, 15) is 4.79 Å². The second kappa shape index (κ2) is 5.95. The highest BCUT2D eigenvalue weighted by molar-refractivity contribution is 7.21. The number of ether oxygens (including phenoxy) is 1. The van der Waals surface area contributed by atoms with Crippen LogP contribution in [0.5, 0.6) is 0 Å². The molecule has 2 aromatic rings. The van der Waals surface area contributed by atoms with E-state index in [0.717, 1.165) is 24.8 Å². The molecule has 0 radical (unpaired) electrons. The van der Waals surface area contributed by atoms with Crippen LogP contribution in [0.25, 0.3) is 10.2 Å². The molecule has 0 atom stereocenters. The van der Waals surface area contributed by atoms with E-state index in [2.05, 4.69) is 10.2 Å². The summed E-state index contributed by atoms with van der Waals surface area (Å²) in [6.07, 6.45) is 3.62. The van der Waals surface area contributed by atoms with Gasteiger partial charge in [0, 0.05) is 25.1 Å². The molecule has 2 N–H and O–H groups in total. The topological polar surface area (TPSA) is 81.3 Å². The van der Waals surface area contributed by atoms with E-state index < -0.39 is 0 Å². The zero-order valence-electron chi connectivity index (χ0n) is 11.9. The predicted molar refractivity (Wildman–Crippen MR) is 82.4 cm³/mol. The first-order valence-electron chi connectivity index (χ1n) is 7.11. The molecule has 6 nitrogen and oxygen atoms in total. The molecule has 21 heavy (non-hydrogen) atoms. The molecule has 0 spiro atoms. The first kappa shape index (κ1) is 14.2. The number of carbonyl (C=O) groups is 1. The van der Waals surface area contributed by atoms with E-state index in [1.54, 1.807) is 12.3 Å². The lowest BCUT2D eigenvalue weighted by molar-refractivity contribution is 0.0148. The number of hydrogen-bond donors (Lipinski definition) is 1. The van der Waals surface area contributed by atoms with Crippen LogP contribution in [0.3, 0.4) is 0 Å². The number of amides is 1. The van der Waals surface area contributed by atoms with Gasteiger partial charge in [-0.05, 0) is 25.8 Å². The Balaban J connectivity index is 1.77. The van der Waals surface area contributed by atoms with Crippen LogP contribution < -0.4 is 5.73 Å². The second-order valence-corrected chi connectivity index (χ2v) is 6.04. The number of aromatic nitrogens is 2. The highest BCUT2D eigenvalue weighted by Gasteiger charge is 2.27. The highest BCUT2D eigenvalue weighted by Crippen LogP contribution is 2.33. The maximum atomic E-state index is 12.6. The van der Waals surface area contributed by atoms with Crippen LogP contribution in [-0.4, -0.2) is 46.8 Å². The molecule has 1 aliphatic rings. The van der Waals surface area contributed by atoms with Gasteiger partial charge in [0.25, 0.3) is 5.91 Å². The Morgan fingerprint density at radius 1 is 1.52 bits per heavy atom. The number of thiophene rings is 1. The molecule has 0 unspecified atom stereocenters. The fourth-order valence-electron chi connectivity index (χ4n) is 2.64. The maximum Gasteiger partial charge on any atom is 0.266 e. The fraction of sp³-hybridized carbons (Fsp3) is 0.500. The van der Waals surface area contributed by atoms with Crippen LogP contribution in [0, 0.1) is 0 Å². The number of piperidine rings is 1. The Morgan fingerprint density at radius 3 is 2.95 bits per heavy atom. The van der Waals surface area contributed by atoms with Gasteiger partial charge in [-0.2, -0.15) is 5.10 Å². The smallest absolute Gasteiger partial charge is 0.266 e. The van der Waals surface area contributed by atoms with Crippen molar-refractivity contribution in [2.24, 2.45) is 0 Å². The molecule has 0 aliphatic carbocycles. The van der Waals surface area contributed by atoms with Crippen LogP contribution in [0.15, 0.2) is 12.3 Å². The van der Waals surface area contributed by atoms with Crippen LogP contribution in [0.4, 0.5) is 5.69 Å². The maximum absolute atomic E-state index is 12.6. The second-order valence-electron chi connectivity index (χ2n) is 5.04. The van der Waals surface area contributed by atoms with E-state index >= 15 is 0 Å². The molecular formula is C14H18N4O2S. The summed E-state index contributed by atoms with van der Waals surface area (Å²) in [7, 11) is 0. The Hall–Kier alpha value is -1.73. The van der Waals surface area contributed by atoms with Crippen LogP contribution in [0.2, 0.25) is 0 Å². The minimum absolute atomic E-state index is 0.00884. The molecule has 0 aromatic carbocycles. The van der Waals surface area contributed by atoms with E-state index in [1.165, 1.54) is 11.3 Å². The summed E-state index contributed by atoms with van der Waals surface area (Å²) in [5, 5.41) is 8.67. The zero-order chi connectivity index (χ0) is 14.8. The van der Waals surface area contributed by atoms with Crippen LogP contribution in [-0.2, 0) is 4.74 Å².